The first kappa shape index (κ1) is 23.6. The maximum Gasteiger partial charge on any atom is 0.349 e. The highest BCUT2D eigenvalue weighted by Crippen LogP contribution is 2.29. The van der Waals surface area contributed by atoms with Gasteiger partial charge in [-0.05, 0) is 54.1 Å². The summed E-state index contributed by atoms with van der Waals surface area (Å²) < 4.78 is 22.0. The lowest BCUT2D eigenvalue weighted by molar-refractivity contribution is -0.136. The monoisotopic (exact) mass is 510 g/mol. The number of ether oxygens (including phenoxy) is 3. The number of furan rings is 1. The molecule has 0 spiro atoms. The maximum absolute atomic E-state index is 12.3. The van der Waals surface area contributed by atoms with Crippen LogP contribution in [0.3, 0.4) is 0 Å². The summed E-state index contributed by atoms with van der Waals surface area (Å²) in [4.78, 5) is 24.5. The lowest BCUT2D eigenvalue weighted by Gasteiger charge is -2.11. The van der Waals surface area contributed by atoms with Crippen molar-refractivity contribution in [3.8, 4) is 23.3 Å². The van der Waals surface area contributed by atoms with E-state index in [1.165, 1.54) is 25.5 Å². The molecule has 8 nitrogen and oxygen atoms in total. The number of carbonyl (C=O) groups is 2. The SMILES string of the molecule is COc1cc(/C=C(\C#N)C(=O)NCc2ccco2)ccc1OC(=O)COc1cccc(Br)c1. The lowest BCUT2D eigenvalue weighted by atomic mass is 10.1. The molecule has 0 fully saturated rings. The minimum absolute atomic E-state index is 0.101. The number of nitrogens with one attached hydrogen (secondary N) is 1. The molecule has 0 aliphatic rings. The first-order valence-corrected chi connectivity index (χ1v) is 10.5. The van der Waals surface area contributed by atoms with Gasteiger partial charge in [0.25, 0.3) is 5.91 Å². The predicted molar refractivity (Wildman–Crippen MR) is 122 cm³/mol. The molecule has 9 heteroatoms. The largest absolute Gasteiger partial charge is 0.493 e. The Morgan fingerprint density at radius 2 is 2.00 bits per heavy atom. The Bertz CT molecular complexity index is 1200. The number of hydrogen-bond acceptors (Lipinski definition) is 7. The first-order chi connectivity index (χ1) is 16.0. The van der Waals surface area contributed by atoms with E-state index in [9.17, 15) is 14.9 Å². The molecule has 0 aliphatic carbocycles. The third-order valence-corrected chi connectivity index (χ3v) is 4.74. The van der Waals surface area contributed by atoms with Gasteiger partial charge in [0.2, 0.25) is 0 Å². The summed E-state index contributed by atoms with van der Waals surface area (Å²) in [5, 5.41) is 12.0. The van der Waals surface area contributed by atoms with Crippen molar-refractivity contribution in [2.45, 2.75) is 6.54 Å². The fourth-order valence-electron chi connectivity index (χ4n) is 2.70. The van der Waals surface area contributed by atoms with Crippen LogP contribution in [0.4, 0.5) is 0 Å². The minimum atomic E-state index is -0.619. The van der Waals surface area contributed by atoms with Crippen molar-refractivity contribution in [2.24, 2.45) is 0 Å². The number of benzene rings is 2. The van der Waals surface area contributed by atoms with Gasteiger partial charge in [-0.2, -0.15) is 5.26 Å². The highest BCUT2D eigenvalue weighted by molar-refractivity contribution is 9.10. The van der Waals surface area contributed by atoms with Gasteiger partial charge in [-0.15, -0.1) is 0 Å². The fraction of sp³-hybridized carbons (Fsp3) is 0.125. The second kappa shape index (κ2) is 11.5. The third kappa shape index (κ3) is 6.98. The number of carbonyl (C=O) groups excluding carboxylic acids is 2. The van der Waals surface area contributed by atoms with Crippen molar-refractivity contribution in [2.75, 3.05) is 13.7 Å². The molecule has 0 unspecified atom stereocenters. The van der Waals surface area contributed by atoms with Crippen LogP contribution in [-0.4, -0.2) is 25.6 Å². The Hall–Kier alpha value is -4.03. The van der Waals surface area contributed by atoms with Gasteiger partial charge < -0.3 is 23.9 Å². The molecule has 33 heavy (non-hydrogen) atoms. The summed E-state index contributed by atoms with van der Waals surface area (Å²) in [6, 6.07) is 17.0. The Labute approximate surface area is 198 Å². The third-order valence-electron chi connectivity index (χ3n) is 4.24. The van der Waals surface area contributed by atoms with Crippen LogP contribution >= 0.6 is 15.9 Å². The van der Waals surface area contributed by atoms with Crippen LogP contribution in [0.2, 0.25) is 0 Å². The predicted octanol–water partition coefficient (Wildman–Crippen LogP) is 4.26. The Morgan fingerprint density at radius 3 is 2.70 bits per heavy atom. The van der Waals surface area contributed by atoms with E-state index in [0.717, 1.165) is 4.47 Å². The molecule has 0 bridgehead atoms. The van der Waals surface area contributed by atoms with Crippen LogP contribution in [0.1, 0.15) is 11.3 Å². The van der Waals surface area contributed by atoms with Gasteiger partial charge in [-0.3, -0.25) is 4.79 Å². The Morgan fingerprint density at radius 1 is 1.15 bits per heavy atom. The summed E-state index contributed by atoms with van der Waals surface area (Å²) in [6.45, 7) is -0.138. The molecule has 2 aromatic carbocycles. The van der Waals surface area contributed by atoms with E-state index < -0.39 is 11.9 Å². The second-order valence-electron chi connectivity index (χ2n) is 6.56. The van der Waals surface area contributed by atoms with Crippen LogP contribution in [0.25, 0.3) is 6.08 Å². The van der Waals surface area contributed by atoms with E-state index in [-0.39, 0.29) is 30.2 Å². The first-order valence-electron chi connectivity index (χ1n) is 9.68. The van der Waals surface area contributed by atoms with Crippen molar-refractivity contribution in [3.63, 3.8) is 0 Å². The van der Waals surface area contributed by atoms with Gasteiger partial charge in [0.15, 0.2) is 18.1 Å². The fourth-order valence-corrected chi connectivity index (χ4v) is 3.08. The van der Waals surface area contributed by atoms with Gasteiger partial charge in [-0.25, -0.2) is 4.79 Å². The van der Waals surface area contributed by atoms with Crippen molar-refractivity contribution >= 4 is 33.9 Å². The van der Waals surface area contributed by atoms with E-state index in [4.69, 9.17) is 18.6 Å². The van der Waals surface area contributed by atoms with Crippen molar-refractivity contribution < 1.29 is 28.2 Å². The number of esters is 1. The van der Waals surface area contributed by atoms with E-state index in [1.54, 1.807) is 42.5 Å². The molecular weight excluding hydrogens is 492 g/mol. The number of nitrogens with zero attached hydrogens (tertiary/aromatic N) is 1. The highest BCUT2D eigenvalue weighted by Gasteiger charge is 2.14. The van der Waals surface area contributed by atoms with Gasteiger partial charge >= 0.3 is 5.97 Å². The Balaban J connectivity index is 1.64. The average Bonchev–Trinajstić information content (AvgIpc) is 3.34. The highest BCUT2D eigenvalue weighted by atomic mass is 79.9. The van der Waals surface area contributed by atoms with Crippen LogP contribution in [-0.2, 0) is 16.1 Å². The molecule has 1 N–H and O–H groups in total. The normalized spacial score (nSPS) is 10.8. The van der Waals surface area contributed by atoms with Crippen molar-refractivity contribution in [1.29, 1.82) is 5.26 Å². The molecule has 1 aromatic heterocycles. The van der Waals surface area contributed by atoms with Crippen LogP contribution in [0.5, 0.6) is 17.2 Å². The smallest absolute Gasteiger partial charge is 0.349 e. The van der Waals surface area contributed by atoms with Gasteiger partial charge in [0, 0.05) is 4.47 Å². The van der Waals surface area contributed by atoms with Gasteiger partial charge in [-0.1, -0.05) is 28.1 Å². The molecular formula is C24H19BrN2O6. The summed E-state index contributed by atoms with van der Waals surface area (Å²) in [5.74, 6) is 0.353. The molecule has 0 atom stereocenters. The maximum atomic E-state index is 12.3. The van der Waals surface area contributed by atoms with E-state index in [2.05, 4.69) is 21.2 Å². The Kier molecular flexibility index (Phi) is 8.27. The molecule has 0 radical (unpaired) electrons. The second-order valence-corrected chi connectivity index (χ2v) is 7.48. The van der Waals surface area contributed by atoms with E-state index in [0.29, 0.717) is 17.1 Å². The standard InChI is InChI=1S/C24H19BrN2O6/c1-30-22-11-16(10-17(13-26)24(29)27-14-20-6-3-9-31-20)7-8-21(22)33-23(28)15-32-19-5-2-4-18(25)12-19/h2-12H,14-15H2,1H3,(H,27,29)/b17-10+. The average molecular weight is 511 g/mol. The molecule has 0 aliphatic heterocycles. The van der Waals surface area contributed by atoms with Crippen molar-refractivity contribution in [1.82, 2.24) is 5.32 Å². The number of hydrogen-bond donors (Lipinski definition) is 1. The van der Waals surface area contributed by atoms with Crippen LogP contribution in [0.15, 0.2) is 75.3 Å². The number of rotatable bonds is 9. The molecule has 1 heterocycles. The summed E-state index contributed by atoms with van der Waals surface area (Å²) >= 11 is 3.33. The number of amides is 1. The molecule has 3 aromatic rings. The molecule has 0 saturated carbocycles. The molecule has 1 amide bonds. The van der Waals surface area contributed by atoms with E-state index in [1.807, 2.05) is 12.1 Å². The number of nitriles is 1. The molecule has 168 valence electrons. The summed E-state index contributed by atoms with van der Waals surface area (Å²) in [6.07, 6.45) is 2.90. The molecule has 0 saturated heterocycles. The zero-order valence-electron chi connectivity index (χ0n) is 17.5. The van der Waals surface area contributed by atoms with E-state index >= 15 is 0 Å². The quantitative estimate of drug-likeness (QED) is 0.198. The minimum Gasteiger partial charge on any atom is -0.493 e. The summed E-state index contributed by atoms with van der Waals surface area (Å²) in [7, 11) is 1.42. The van der Waals surface area contributed by atoms with Crippen LogP contribution in [0, 0.1) is 11.3 Å². The van der Waals surface area contributed by atoms with Crippen LogP contribution < -0.4 is 19.5 Å². The summed E-state index contributed by atoms with van der Waals surface area (Å²) in [5.41, 5.74) is 0.414. The number of halogens is 1. The van der Waals surface area contributed by atoms with Crippen molar-refractivity contribution in [3.05, 3.63) is 82.2 Å². The zero-order valence-corrected chi connectivity index (χ0v) is 19.1. The lowest BCUT2D eigenvalue weighted by Crippen LogP contribution is -2.23. The topological polar surface area (TPSA) is 111 Å². The van der Waals surface area contributed by atoms with Gasteiger partial charge in [0.05, 0.1) is 19.9 Å². The molecule has 3 rings (SSSR count). The zero-order chi connectivity index (χ0) is 23.6. The number of methoxy groups -OCH3 is 1. The van der Waals surface area contributed by atoms with Gasteiger partial charge in [0.1, 0.15) is 23.2 Å².